The zero-order chi connectivity index (χ0) is 18.0. The molecule has 0 saturated carbocycles. The van der Waals surface area contributed by atoms with E-state index in [9.17, 15) is 4.79 Å². The second-order valence-electron chi connectivity index (χ2n) is 7.28. The predicted molar refractivity (Wildman–Crippen MR) is 102 cm³/mol. The molecule has 2 aliphatic heterocycles. The molecule has 26 heavy (non-hydrogen) atoms. The molecule has 2 fully saturated rings. The van der Waals surface area contributed by atoms with Gasteiger partial charge < -0.3 is 20.1 Å². The molecular formula is C18H26ClN3O3S. The van der Waals surface area contributed by atoms with Crippen molar-refractivity contribution in [2.45, 2.75) is 37.3 Å². The summed E-state index contributed by atoms with van der Waals surface area (Å²) in [6, 6.07) is 1.97. The molecule has 144 valence electrons. The van der Waals surface area contributed by atoms with Gasteiger partial charge in [-0.25, -0.2) is 4.79 Å². The third-order valence-corrected chi connectivity index (χ3v) is 7.18. The van der Waals surface area contributed by atoms with Gasteiger partial charge in [-0.3, -0.25) is 4.90 Å². The Balaban J connectivity index is 1.36. The molecule has 2 amide bonds. The van der Waals surface area contributed by atoms with Gasteiger partial charge in [0.2, 0.25) is 0 Å². The van der Waals surface area contributed by atoms with Crippen molar-refractivity contribution in [1.82, 2.24) is 15.5 Å². The number of amides is 2. The Morgan fingerprint density at radius 1 is 1.27 bits per heavy atom. The van der Waals surface area contributed by atoms with Gasteiger partial charge in [-0.1, -0.05) is 11.6 Å². The van der Waals surface area contributed by atoms with Crippen LogP contribution in [0.4, 0.5) is 4.79 Å². The lowest BCUT2D eigenvalue weighted by atomic mass is 9.87. The number of nitrogens with zero attached hydrogens (tertiary/aromatic N) is 1. The van der Waals surface area contributed by atoms with Gasteiger partial charge >= 0.3 is 6.03 Å². The minimum absolute atomic E-state index is 0.0219. The lowest BCUT2D eigenvalue weighted by Crippen LogP contribution is -2.61. The summed E-state index contributed by atoms with van der Waals surface area (Å²) >= 11 is 7.73. The van der Waals surface area contributed by atoms with Gasteiger partial charge in [-0.15, -0.1) is 11.3 Å². The summed E-state index contributed by atoms with van der Waals surface area (Å²) in [5.41, 5.74) is 1.16. The van der Waals surface area contributed by atoms with E-state index in [2.05, 4.69) is 15.5 Å². The minimum Gasteiger partial charge on any atom is -0.381 e. The SMILES string of the molecule is O=C(NCC1(N2CCOCC2)CCOCC1)NC1CCc2sc(Cl)cc21. The highest BCUT2D eigenvalue weighted by molar-refractivity contribution is 7.16. The van der Waals surface area contributed by atoms with Crippen LogP contribution in [0.15, 0.2) is 6.07 Å². The van der Waals surface area contributed by atoms with Gasteiger partial charge in [0.15, 0.2) is 0 Å². The second kappa shape index (κ2) is 8.02. The van der Waals surface area contributed by atoms with Crippen molar-refractivity contribution in [3.8, 4) is 0 Å². The van der Waals surface area contributed by atoms with Gasteiger partial charge in [0.05, 0.1) is 23.6 Å². The van der Waals surface area contributed by atoms with Gasteiger partial charge in [0.1, 0.15) is 0 Å². The Kier molecular flexibility index (Phi) is 5.71. The highest BCUT2D eigenvalue weighted by Gasteiger charge is 2.39. The number of carbonyl (C=O) groups is 1. The van der Waals surface area contributed by atoms with E-state index in [0.717, 1.165) is 69.5 Å². The van der Waals surface area contributed by atoms with Crippen LogP contribution in [0.25, 0.3) is 0 Å². The maximum absolute atomic E-state index is 12.6. The number of hydrogen-bond donors (Lipinski definition) is 2. The number of nitrogens with one attached hydrogen (secondary N) is 2. The quantitative estimate of drug-likeness (QED) is 0.816. The lowest BCUT2D eigenvalue weighted by Gasteiger charge is -2.47. The first-order valence-electron chi connectivity index (χ1n) is 9.39. The van der Waals surface area contributed by atoms with E-state index in [1.165, 1.54) is 10.4 Å². The highest BCUT2D eigenvalue weighted by Crippen LogP contribution is 2.39. The molecule has 1 aromatic heterocycles. The van der Waals surface area contributed by atoms with Crippen molar-refractivity contribution in [3.05, 3.63) is 20.8 Å². The molecule has 1 aromatic rings. The van der Waals surface area contributed by atoms with Crippen molar-refractivity contribution in [1.29, 1.82) is 0 Å². The van der Waals surface area contributed by atoms with Crippen LogP contribution < -0.4 is 10.6 Å². The molecule has 3 aliphatic rings. The number of morpholine rings is 1. The maximum Gasteiger partial charge on any atom is 0.315 e. The fourth-order valence-electron chi connectivity index (χ4n) is 4.33. The number of rotatable bonds is 4. The van der Waals surface area contributed by atoms with E-state index in [-0.39, 0.29) is 17.6 Å². The molecule has 6 nitrogen and oxygen atoms in total. The normalized spacial score (nSPS) is 25.7. The number of aryl methyl sites for hydroxylation is 1. The van der Waals surface area contributed by atoms with Gasteiger partial charge in [-0.05, 0) is 37.3 Å². The molecule has 4 rings (SSSR count). The topological polar surface area (TPSA) is 62.8 Å². The number of carbonyl (C=O) groups excluding carboxylic acids is 1. The van der Waals surface area contributed by atoms with Crippen LogP contribution in [-0.2, 0) is 15.9 Å². The zero-order valence-electron chi connectivity index (χ0n) is 14.9. The van der Waals surface area contributed by atoms with Crippen LogP contribution in [0.3, 0.4) is 0 Å². The summed E-state index contributed by atoms with van der Waals surface area (Å²) in [4.78, 5) is 16.3. The Bertz CT molecular complexity index is 642. The third-order valence-electron chi connectivity index (χ3n) is 5.84. The van der Waals surface area contributed by atoms with E-state index in [1.54, 1.807) is 11.3 Å². The zero-order valence-corrected chi connectivity index (χ0v) is 16.5. The van der Waals surface area contributed by atoms with E-state index >= 15 is 0 Å². The molecule has 0 radical (unpaired) electrons. The van der Waals surface area contributed by atoms with Crippen LogP contribution in [0.5, 0.6) is 0 Å². The molecule has 1 aliphatic carbocycles. The van der Waals surface area contributed by atoms with Crippen LogP contribution in [0.2, 0.25) is 4.34 Å². The van der Waals surface area contributed by atoms with Gasteiger partial charge in [-0.2, -0.15) is 0 Å². The summed E-state index contributed by atoms with van der Waals surface area (Å²) in [6.45, 7) is 5.51. The van der Waals surface area contributed by atoms with Gasteiger partial charge in [0, 0.05) is 43.3 Å². The molecule has 2 N–H and O–H groups in total. The van der Waals surface area contributed by atoms with Crippen LogP contribution >= 0.6 is 22.9 Å². The number of thiophene rings is 1. The summed E-state index contributed by atoms with van der Waals surface area (Å²) in [7, 11) is 0. The monoisotopic (exact) mass is 399 g/mol. The molecule has 1 atom stereocenters. The fraction of sp³-hybridized carbons (Fsp3) is 0.722. The first-order chi connectivity index (χ1) is 12.7. The van der Waals surface area contributed by atoms with E-state index in [0.29, 0.717) is 6.54 Å². The summed E-state index contributed by atoms with van der Waals surface area (Å²) in [6.07, 6.45) is 3.84. The molecule has 8 heteroatoms. The van der Waals surface area contributed by atoms with Gasteiger partial charge in [0.25, 0.3) is 0 Å². The van der Waals surface area contributed by atoms with Crippen molar-refractivity contribution in [3.63, 3.8) is 0 Å². The number of halogens is 1. The Labute approximate surface area is 163 Å². The molecule has 2 saturated heterocycles. The average Bonchev–Trinajstić information content (AvgIpc) is 3.21. The molecule has 3 heterocycles. The third kappa shape index (κ3) is 3.87. The number of fused-ring (bicyclic) bond motifs is 1. The second-order valence-corrected chi connectivity index (χ2v) is 9.05. The largest absolute Gasteiger partial charge is 0.381 e. The summed E-state index contributed by atoms with van der Waals surface area (Å²) < 4.78 is 11.9. The lowest BCUT2D eigenvalue weighted by molar-refractivity contribution is -0.0690. The van der Waals surface area contributed by atoms with Crippen molar-refractivity contribution < 1.29 is 14.3 Å². The van der Waals surface area contributed by atoms with E-state index in [4.69, 9.17) is 21.1 Å². The molecule has 1 unspecified atom stereocenters. The summed E-state index contributed by atoms with van der Waals surface area (Å²) in [5.74, 6) is 0. The first-order valence-corrected chi connectivity index (χ1v) is 10.6. The number of hydrogen-bond acceptors (Lipinski definition) is 5. The Morgan fingerprint density at radius 3 is 2.77 bits per heavy atom. The van der Waals surface area contributed by atoms with Crippen molar-refractivity contribution in [2.24, 2.45) is 0 Å². The van der Waals surface area contributed by atoms with E-state index in [1.807, 2.05) is 6.07 Å². The minimum atomic E-state index is -0.0932. The number of ether oxygens (including phenoxy) is 2. The Hall–Kier alpha value is -0.860. The van der Waals surface area contributed by atoms with Crippen molar-refractivity contribution in [2.75, 3.05) is 46.1 Å². The summed E-state index contributed by atoms with van der Waals surface area (Å²) in [5, 5.41) is 6.27. The highest BCUT2D eigenvalue weighted by atomic mass is 35.5. The van der Waals surface area contributed by atoms with E-state index < -0.39 is 0 Å². The maximum atomic E-state index is 12.6. The smallest absolute Gasteiger partial charge is 0.315 e. The molecule has 0 spiro atoms. The first kappa shape index (κ1) is 18.5. The van der Waals surface area contributed by atoms with Crippen LogP contribution in [0.1, 0.15) is 35.7 Å². The number of urea groups is 1. The molecular weight excluding hydrogens is 374 g/mol. The Morgan fingerprint density at radius 2 is 2.00 bits per heavy atom. The van der Waals surface area contributed by atoms with Crippen molar-refractivity contribution >= 4 is 29.0 Å². The average molecular weight is 400 g/mol. The predicted octanol–water partition coefficient (Wildman–Crippen LogP) is 2.57. The fourth-order valence-corrected chi connectivity index (χ4v) is 5.69. The van der Waals surface area contributed by atoms with Crippen LogP contribution in [-0.4, -0.2) is 62.5 Å². The molecule has 0 aromatic carbocycles. The van der Waals surface area contributed by atoms with Crippen LogP contribution in [0, 0.1) is 0 Å². The molecule has 0 bridgehead atoms. The standard InChI is InChI=1S/C18H26ClN3O3S/c19-16-11-13-14(1-2-15(13)26-16)21-17(23)20-12-18(3-7-24-8-4-18)22-5-9-25-10-6-22/h11,14H,1-10,12H2,(H2,20,21,23).